The fourth-order valence-electron chi connectivity index (χ4n) is 8.96. The Morgan fingerprint density at radius 3 is 2.64 bits per heavy atom. The third kappa shape index (κ3) is 6.79. The lowest BCUT2D eigenvalue weighted by molar-refractivity contribution is -0.111. The number of carbonyl (C=O) groups is 2. The van der Waals surface area contributed by atoms with Crippen molar-refractivity contribution in [2.24, 2.45) is 12.5 Å². The summed E-state index contributed by atoms with van der Waals surface area (Å²) in [7, 11) is 3.82. The molecule has 1 aromatic carbocycles. The van der Waals surface area contributed by atoms with Gasteiger partial charge in [-0.3, -0.25) is 24.2 Å². The number of nitrogens with one attached hydrogen (secondary N) is 2. The first-order valence-electron chi connectivity index (χ1n) is 19.5. The molecule has 6 heterocycles. The molecule has 4 aliphatic rings. The summed E-state index contributed by atoms with van der Waals surface area (Å²) in [5.41, 5.74) is 6.34. The number of fused-ring (bicyclic) bond motifs is 3. The number of nitrogens with zero attached hydrogens (tertiary/aromatic N) is 7. The number of carbonyl (C=O) groups excluding carboxylic acids is 2. The van der Waals surface area contributed by atoms with Gasteiger partial charge in [-0.25, -0.2) is 9.97 Å². The van der Waals surface area contributed by atoms with Crippen molar-refractivity contribution in [1.29, 1.82) is 0 Å². The van der Waals surface area contributed by atoms with Crippen LogP contribution in [-0.2, 0) is 42.6 Å². The smallest absolute Gasteiger partial charge is 0.293 e. The van der Waals surface area contributed by atoms with Gasteiger partial charge in [0, 0.05) is 73.7 Å². The summed E-state index contributed by atoms with van der Waals surface area (Å²) in [6.45, 7) is 13.4. The molecular formula is C42H51N9O5. The van der Waals surface area contributed by atoms with Gasteiger partial charge in [-0.05, 0) is 87.0 Å². The highest BCUT2D eigenvalue weighted by Crippen LogP contribution is 2.40. The molecule has 3 aliphatic heterocycles. The quantitative estimate of drug-likeness (QED) is 0.198. The van der Waals surface area contributed by atoms with Gasteiger partial charge in [-0.2, -0.15) is 0 Å². The third-order valence-electron chi connectivity index (χ3n) is 12.1. The Labute approximate surface area is 326 Å². The predicted octanol–water partition coefficient (Wildman–Crippen LogP) is 4.48. The fourth-order valence-corrected chi connectivity index (χ4v) is 8.96. The van der Waals surface area contributed by atoms with Crippen molar-refractivity contribution in [2.75, 3.05) is 53.8 Å². The highest BCUT2D eigenvalue weighted by molar-refractivity contribution is 6.06. The van der Waals surface area contributed by atoms with Gasteiger partial charge in [0.25, 0.3) is 11.5 Å². The Hall–Kier alpha value is -5.31. The molecule has 2 amide bonds. The number of piperidine rings is 1. The summed E-state index contributed by atoms with van der Waals surface area (Å²) < 4.78 is 9.01. The number of amides is 2. The van der Waals surface area contributed by atoms with Crippen LogP contribution >= 0.6 is 0 Å². The van der Waals surface area contributed by atoms with Crippen molar-refractivity contribution >= 4 is 40.5 Å². The second kappa shape index (κ2) is 14.6. The molecule has 2 atom stereocenters. The Balaban J connectivity index is 1.07. The third-order valence-corrected chi connectivity index (χ3v) is 12.1. The van der Waals surface area contributed by atoms with E-state index >= 15 is 0 Å². The van der Waals surface area contributed by atoms with Crippen LogP contribution in [0.1, 0.15) is 60.9 Å². The second-order valence-electron chi connectivity index (χ2n) is 16.5. The monoisotopic (exact) mass is 761 g/mol. The number of ether oxygens (including phenoxy) is 1. The lowest BCUT2D eigenvalue weighted by Gasteiger charge is -2.46. The zero-order valence-corrected chi connectivity index (χ0v) is 32.8. The lowest BCUT2D eigenvalue weighted by Crippen LogP contribution is -2.55. The summed E-state index contributed by atoms with van der Waals surface area (Å²) >= 11 is 0. The zero-order chi connectivity index (χ0) is 39.5. The number of hydrogen-bond donors (Lipinski definition) is 3. The molecule has 14 heteroatoms. The van der Waals surface area contributed by atoms with Gasteiger partial charge in [0.1, 0.15) is 11.5 Å². The van der Waals surface area contributed by atoms with E-state index in [2.05, 4.69) is 64.4 Å². The van der Waals surface area contributed by atoms with Gasteiger partial charge in [0.05, 0.1) is 42.9 Å². The molecule has 56 heavy (non-hydrogen) atoms. The van der Waals surface area contributed by atoms with E-state index in [1.807, 2.05) is 18.2 Å². The van der Waals surface area contributed by atoms with Crippen molar-refractivity contribution in [1.82, 2.24) is 24.0 Å². The number of aryl methyl sites for hydroxylation is 1. The molecule has 8 rings (SSSR count). The average molecular weight is 762 g/mol. The van der Waals surface area contributed by atoms with Gasteiger partial charge in [-0.1, -0.05) is 20.4 Å². The topological polar surface area (TPSA) is 150 Å². The van der Waals surface area contributed by atoms with Gasteiger partial charge >= 0.3 is 0 Å². The van der Waals surface area contributed by atoms with Crippen LogP contribution in [0.4, 0.5) is 28.7 Å². The van der Waals surface area contributed by atoms with E-state index in [1.54, 1.807) is 36.5 Å². The molecule has 4 aromatic rings. The number of aliphatic hydroxyl groups excluding tert-OH is 1. The van der Waals surface area contributed by atoms with Crippen LogP contribution in [0.2, 0.25) is 0 Å². The first-order valence-corrected chi connectivity index (χ1v) is 19.5. The van der Waals surface area contributed by atoms with Crippen molar-refractivity contribution in [3.8, 4) is 11.3 Å². The minimum absolute atomic E-state index is 0.0579. The summed E-state index contributed by atoms with van der Waals surface area (Å²) in [4.78, 5) is 55.9. The molecule has 1 aliphatic carbocycles. The van der Waals surface area contributed by atoms with Gasteiger partial charge in [-0.15, -0.1) is 0 Å². The molecule has 2 fully saturated rings. The highest BCUT2D eigenvalue weighted by Gasteiger charge is 2.38. The summed E-state index contributed by atoms with van der Waals surface area (Å²) in [5, 5.41) is 16.9. The van der Waals surface area contributed by atoms with Crippen LogP contribution in [0.15, 0.2) is 60.2 Å². The van der Waals surface area contributed by atoms with E-state index in [0.29, 0.717) is 64.9 Å². The number of aliphatic hydroxyl groups is 1. The Morgan fingerprint density at radius 2 is 1.93 bits per heavy atom. The molecule has 0 bridgehead atoms. The molecule has 3 aromatic heterocycles. The standard InChI is InChI=1S/C42H51N9O5/c1-7-37(53)45-32-18-27(8-9-34(32)49-13-11-28(16-25(49)2)48(6)29-23-56-24-29)44-38-41(55)47(5)21-33(46-38)30-10-12-43-39(31(30)22-52)51-15-14-50-35(40(51)54)17-26-19-42(3,4)20-36(26)50/h7-10,12,17-18,21,25,28-29,52H,1,11,13-16,19-20,22-24H2,2-6H3,(H,44,46)(H,45,53). The minimum Gasteiger partial charge on any atom is -0.392 e. The number of pyridine rings is 1. The Kier molecular flexibility index (Phi) is 9.83. The molecule has 3 N–H and O–H groups in total. The average Bonchev–Trinajstić information content (AvgIpc) is 3.64. The molecule has 2 unspecified atom stereocenters. The molecule has 0 spiro atoms. The Morgan fingerprint density at radius 1 is 1.12 bits per heavy atom. The molecule has 0 saturated carbocycles. The normalized spacial score (nSPS) is 20.4. The maximum absolute atomic E-state index is 14.0. The van der Waals surface area contributed by atoms with E-state index in [4.69, 9.17) is 9.72 Å². The minimum atomic E-state index is -0.393. The maximum Gasteiger partial charge on any atom is 0.293 e. The number of likely N-dealkylation sites (N-methyl/N-ethyl adjacent to an activating group) is 1. The fraction of sp³-hybridized carbons (Fsp3) is 0.452. The van der Waals surface area contributed by atoms with E-state index in [9.17, 15) is 19.5 Å². The number of anilines is 5. The van der Waals surface area contributed by atoms with E-state index in [0.717, 1.165) is 51.1 Å². The largest absolute Gasteiger partial charge is 0.392 e. The van der Waals surface area contributed by atoms with Crippen LogP contribution in [0.25, 0.3) is 11.3 Å². The second-order valence-corrected chi connectivity index (χ2v) is 16.5. The van der Waals surface area contributed by atoms with Crippen LogP contribution < -0.4 is 26.0 Å². The molecule has 294 valence electrons. The Bertz CT molecular complexity index is 2270. The van der Waals surface area contributed by atoms with Gasteiger partial charge in [0.2, 0.25) is 5.91 Å². The summed E-state index contributed by atoms with van der Waals surface area (Å²) in [6.07, 6.45) is 8.26. The SMILES string of the molecule is C=CC(=O)Nc1cc(Nc2nc(-c3ccnc(N4CCn5c(cc6c5CC(C)(C)C6)C4=O)c3CO)cn(C)c2=O)ccc1N1CCC(N(C)C2COC2)CC1C. The molecule has 2 saturated heterocycles. The number of rotatable bonds is 10. The zero-order valence-electron chi connectivity index (χ0n) is 32.8. The van der Waals surface area contributed by atoms with E-state index < -0.39 is 6.61 Å². The number of aromatic nitrogens is 4. The van der Waals surface area contributed by atoms with Crippen LogP contribution in [0.5, 0.6) is 0 Å². The lowest BCUT2D eigenvalue weighted by atomic mass is 9.90. The van der Waals surface area contributed by atoms with Crippen molar-refractivity contribution in [2.45, 2.75) is 77.7 Å². The van der Waals surface area contributed by atoms with Crippen LogP contribution in [0, 0.1) is 5.41 Å². The van der Waals surface area contributed by atoms with Crippen molar-refractivity contribution in [3.05, 3.63) is 88.2 Å². The number of benzene rings is 1. The first-order chi connectivity index (χ1) is 26.8. The molecule has 0 radical (unpaired) electrons. The summed E-state index contributed by atoms with van der Waals surface area (Å²) in [5.74, 6) is -0.0721. The van der Waals surface area contributed by atoms with Crippen molar-refractivity contribution in [3.63, 3.8) is 0 Å². The molecule has 14 nitrogen and oxygen atoms in total. The number of hydrogen-bond acceptors (Lipinski definition) is 10. The van der Waals surface area contributed by atoms with Gasteiger partial charge < -0.3 is 34.5 Å². The van der Waals surface area contributed by atoms with E-state index in [-0.39, 0.29) is 34.6 Å². The maximum atomic E-state index is 14.0. The van der Waals surface area contributed by atoms with Crippen molar-refractivity contribution < 1.29 is 19.4 Å². The highest BCUT2D eigenvalue weighted by atomic mass is 16.5. The summed E-state index contributed by atoms with van der Waals surface area (Å²) in [6, 6.07) is 10.5. The molecular weight excluding hydrogens is 711 g/mol. The van der Waals surface area contributed by atoms with Crippen LogP contribution in [-0.4, -0.2) is 92.4 Å². The van der Waals surface area contributed by atoms with E-state index in [1.165, 1.54) is 21.9 Å². The first kappa shape index (κ1) is 37.6. The predicted molar refractivity (Wildman–Crippen MR) is 217 cm³/mol. The van der Waals surface area contributed by atoms with Crippen LogP contribution in [0.3, 0.4) is 0 Å². The van der Waals surface area contributed by atoms with Gasteiger partial charge in [0.15, 0.2) is 5.82 Å².